The lowest BCUT2D eigenvalue weighted by molar-refractivity contribution is 0.811. The van der Waals surface area contributed by atoms with Crippen molar-refractivity contribution in [2.45, 2.75) is 33.4 Å². The topological polar surface area (TPSA) is 49.3 Å². The van der Waals surface area contributed by atoms with Gasteiger partial charge in [0.2, 0.25) is 0 Å². The Kier molecular flexibility index (Phi) is 9.50. The highest BCUT2D eigenvalue weighted by atomic mass is 127. The number of nitrogens with one attached hydrogen (secondary N) is 2. The molecule has 0 amide bonds. The van der Waals surface area contributed by atoms with Crippen molar-refractivity contribution in [3.8, 4) is 0 Å². The van der Waals surface area contributed by atoms with E-state index in [9.17, 15) is 0 Å². The second-order valence-corrected chi connectivity index (χ2v) is 6.39. The third-order valence-corrected chi connectivity index (χ3v) is 4.43. The fourth-order valence-corrected chi connectivity index (χ4v) is 2.78. The van der Waals surface area contributed by atoms with Crippen LogP contribution < -0.4 is 10.6 Å². The third-order valence-electron chi connectivity index (χ3n) is 3.03. The molecule has 0 fully saturated rings. The Hall–Kier alpha value is -0.860. The summed E-state index contributed by atoms with van der Waals surface area (Å²) >= 11 is 7.63. The van der Waals surface area contributed by atoms with Gasteiger partial charge in [0.1, 0.15) is 5.01 Å². The predicted molar refractivity (Wildman–Crippen MR) is 110 cm³/mol. The number of guanidine groups is 1. The van der Waals surface area contributed by atoms with Gasteiger partial charge in [-0.05, 0) is 31.0 Å². The molecule has 23 heavy (non-hydrogen) atoms. The molecule has 7 heteroatoms. The van der Waals surface area contributed by atoms with Crippen LogP contribution in [-0.4, -0.2) is 17.5 Å². The summed E-state index contributed by atoms with van der Waals surface area (Å²) in [5, 5.41) is 8.38. The lowest BCUT2D eigenvalue weighted by atomic mass is 10.2. The molecular weight excluding hydrogens is 443 g/mol. The lowest BCUT2D eigenvalue weighted by Crippen LogP contribution is -2.36. The van der Waals surface area contributed by atoms with E-state index in [-0.39, 0.29) is 24.0 Å². The second kappa shape index (κ2) is 10.8. The normalized spacial score (nSPS) is 11.0. The Labute approximate surface area is 163 Å². The third kappa shape index (κ3) is 7.05. The fourth-order valence-electron chi connectivity index (χ4n) is 1.85. The van der Waals surface area contributed by atoms with Crippen molar-refractivity contribution in [2.75, 3.05) is 6.54 Å². The summed E-state index contributed by atoms with van der Waals surface area (Å²) in [6.07, 6.45) is 2.97. The standard InChI is InChI=1S/C16H21ClN4S.HI/c1-3-14-10-19-15(22-14)11-21-16(18-4-2)20-9-12-5-7-13(17)8-6-12;/h5-8,10H,3-4,9,11H2,1-2H3,(H2,18,20,21);1H. The molecule has 0 radical (unpaired) electrons. The van der Waals surface area contributed by atoms with E-state index in [0.717, 1.165) is 34.5 Å². The molecule has 2 N–H and O–H groups in total. The van der Waals surface area contributed by atoms with E-state index in [0.29, 0.717) is 13.1 Å². The van der Waals surface area contributed by atoms with Crippen LogP contribution in [0.5, 0.6) is 0 Å². The van der Waals surface area contributed by atoms with Crippen molar-refractivity contribution < 1.29 is 0 Å². The maximum Gasteiger partial charge on any atom is 0.191 e. The van der Waals surface area contributed by atoms with Crippen molar-refractivity contribution in [3.63, 3.8) is 0 Å². The van der Waals surface area contributed by atoms with Gasteiger partial charge in [0.15, 0.2) is 5.96 Å². The molecule has 0 spiro atoms. The van der Waals surface area contributed by atoms with Gasteiger partial charge >= 0.3 is 0 Å². The Morgan fingerprint density at radius 2 is 1.96 bits per heavy atom. The Morgan fingerprint density at radius 1 is 1.22 bits per heavy atom. The van der Waals surface area contributed by atoms with Crippen LogP contribution in [0.25, 0.3) is 0 Å². The van der Waals surface area contributed by atoms with Crippen LogP contribution in [0.15, 0.2) is 35.5 Å². The molecule has 0 saturated heterocycles. The molecule has 0 bridgehead atoms. The zero-order valence-corrected chi connectivity index (χ0v) is 17.2. The number of benzene rings is 1. The zero-order valence-electron chi connectivity index (χ0n) is 13.3. The molecule has 4 nitrogen and oxygen atoms in total. The molecule has 2 rings (SSSR count). The molecule has 2 aromatic rings. The van der Waals surface area contributed by atoms with Crippen LogP contribution in [0.2, 0.25) is 5.02 Å². The van der Waals surface area contributed by atoms with E-state index in [2.05, 4.69) is 34.5 Å². The lowest BCUT2D eigenvalue weighted by Gasteiger charge is -2.10. The second-order valence-electron chi connectivity index (χ2n) is 4.75. The van der Waals surface area contributed by atoms with Crippen LogP contribution in [0, 0.1) is 0 Å². The Morgan fingerprint density at radius 3 is 2.57 bits per heavy atom. The van der Waals surface area contributed by atoms with Gasteiger partial charge in [-0.25, -0.2) is 9.98 Å². The number of thiazole rings is 1. The van der Waals surface area contributed by atoms with Crippen molar-refractivity contribution >= 4 is 52.9 Å². The fraction of sp³-hybridized carbons (Fsp3) is 0.375. The highest BCUT2D eigenvalue weighted by molar-refractivity contribution is 14.0. The molecule has 0 atom stereocenters. The Bertz CT molecular complexity index is 613. The van der Waals surface area contributed by atoms with E-state index >= 15 is 0 Å². The van der Waals surface area contributed by atoms with Gasteiger partial charge < -0.3 is 10.6 Å². The van der Waals surface area contributed by atoms with Crippen LogP contribution in [0.1, 0.15) is 29.3 Å². The maximum atomic E-state index is 5.89. The van der Waals surface area contributed by atoms with E-state index in [4.69, 9.17) is 11.6 Å². The maximum absolute atomic E-state index is 5.89. The molecule has 126 valence electrons. The SMILES string of the molecule is CCNC(=NCc1ccc(Cl)cc1)NCc1ncc(CC)s1.I. The summed E-state index contributed by atoms with van der Waals surface area (Å²) in [6, 6.07) is 7.75. The van der Waals surface area contributed by atoms with Crippen LogP contribution >= 0.6 is 46.9 Å². The number of nitrogens with zero attached hydrogens (tertiary/aromatic N) is 2. The van der Waals surface area contributed by atoms with Gasteiger partial charge in [0.05, 0.1) is 13.1 Å². The molecule has 1 heterocycles. The minimum absolute atomic E-state index is 0. The van der Waals surface area contributed by atoms with Gasteiger partial charge in [-0.2, -0.15) is 0 Å². The summed E-state index contributed by atoms with van der Waals surface area (Å²) in [5.74, 6) is 0.797. The number of hydrogen-bond acceptors (Lipinski definition) is 3. The van der Waals surface area contributed by atoms with Crippen LogP contribution in [-0.2, 0) is 19.5 Å². The van der Waals surface area contributed by atoms with Gasteiger partial charge in [-0.1, -0.05) is 30.7 Å². The summed E-state index contributed by atoms with van der Waals surface area (Å²) < 4.78 is 0. The first kappa shape index (κ1) is 20.2. The van der Waals surface area contributed by atoms with Gasteiger partial charge in [0.25, 0.3) is 0 Å². The average molecular weight is 465 g/mol. The number of hydrogen-bond donors (Lipinski definition) is 2. The van der Waals surface area contributed by atoms with E-state index in [1.807, 2.05) is 30.5 Å². The first-order valence-corrected chi connectivity index (χ1v) is 8.61. The molecule has 0 aliphatic carbocycles. The summed E-state index contributed by atoms with van der Waals surface area (Å²) in [4.78, 5) is 10.3. The predicted octanol–water partition coefficient (Wildman–Crippen LogP) is 4.23. The average Bonchev–Trinajstić information content (AvgIpc) is 3.00. The number of aliphatic imine (C=N–C) groups is 1. The zero-order chi connectivity index (χ0) is 15.8. The monoisotopic (exact) mass is 464 g/mol. The molecule has 0 unspecified atom stereocenters. The van der Waals surface area contributed by atoms with E-state index < -0.39 is 0 Å². The molecule has 0 saturated carbocycles. The molecule has 0 aliphatic heterocycles. The minimum atomic E-state index is 0. The number of rotatable bonds is 6. The van der Waals surface area contributed by atoms with Crippen molar-refractivity contribution in [1.29, 1.82) is 0 Å². The summed E-state index contributed by atoms with van der Waals surface area (Å²) in [6.45, 7) is 6.33. The van der Waals surface area contributed by atoms with E-state index in [1.165, 1.54) is 4.88 Å². The van der Waals surface area contributed by atoms with E-state index in [1.54, 1.807) is 11.3 Å². The van der Waals surface area contributed by atoms with Crippen LogP contribution in [0.3, 0.4) is 0 Å². The van der Waals surface area contributed by atoms with Crippen molar-refractivity contribution in [3.05, 3.63) is 50.9 Å². The summed E-state index contributed by atoms with van der Waals surface area (Å²) in [7, 11) is 0. The van der Waals surface area contributed by atoms with Crippen LogP contribution in [0.4, 0.5) is 0 Å². The number of aryl methyl sites for hydroxylation is 1. The molecule has 1 aromatic carbocycles. The minimum Gasteiger partial charge on any atom is -0.357 e. The number of aromatic nitrogens is 1. The molecule has 1 aromatic heterocycles. The highest BCUT2D eigenvalue weighted by Gasteiger charge is 2.02. The molecular formula is C16H22ClIN4S. The van der Waals surface area contributed by atoms with Crippen molar-refractivity contribution in [1.82, 2.24) is 15.6 Å². The largest absolute Gasteiger partial charge is 0.357 e. The van der Waals surface area contributed by atoms with Gasteiger partial charge in [0, 0.05) is 22.6 Å². The molecule has 0 aliphatic rings. The quantitative estimate of drug-likeness (QED) is 0.382. The Balaban J connectivity index is 0.00000264. The van der Waals surface area contributed by atoms with Gasteiger partial charge in [-0.15, -0.1) is 35.3 Å². The van der Waals surface area contributed by atoms with Crippen molar-refractivity contribution in [2.24, 2.45) is 4.99 Å². The smallest absolute Gasteiger partial charge is 0.191 e. The van der Waals surface area contributed by atoms with Gasteiger partial charge in [-0.3, -0.25) is 0 Å². The first-order chi connectivity index (χ1) is 10.7. The first-order valence-electron chi connectivity index (χ1n) is 7.41. The summed E-state index contributed by atoms with van der Waals surface area (Å²) in [5.41, 5.74) is 1.13. The number of halogens is 2. The highest BCUT2D eigenvalue weighted by Crippen LogP contribution is 2.13.